The molecule has 1 aromatic carbocycles. The third-order valence-electron chi connectivity index (χ3n) is 4.58. The first-order valence-corrected chi connectivity index (χ1v) is 7.58. The predicted molar refractivity (Wildman–Crippen MR) is 84.1 cm³/mol. The van der Waals surface area contributed by atoms with E-state index in [0.717, 1.165) is 5.69 Å². The number of carbonyl (C=O) groups is 1. The SMILES string of the molecule is COc1ccc(N(C)C(=O)C(C)C2CCCC2)cc1OC. The summed E-state index contributed by atoms with van der Waals surface area (Å²) < 4.78 is 10.5. The molecule has 1 atom stereocenters. The number of amides is 1. The molecular formula is C17H25NO3. The molecule has 0 heterocycles. The quantitative estimate of drug-likeness (QED) is 0.833. The average molecular weight is 291 g/mol. The van der Waals surface area contributed by atoms with Crippen molar-refractivity contribution in [2.24, 2.45) is 11.8 Å². The Balaban J connectivity index is 2.14. The lowest BCUT2D eigenvalue weighted by Gasteiger charge is -2.25. The van der Waals surface area contributed by atoms with Crippen LogP contribution in [-0.4, -0.2) is 27.2 Å². The molecule has 0 aromatic heterocycles. The summed E-state index contributed by atoms with van der Waals surface area (Å²) in [5.41, 5.74) is 0.836. The minimum absolute atomic E-state index is 0.0746. The van der Waals surface area contributed by atoms with Crippen LogP contribution in [0.4, 0.5) is 5.69 Å². The molecule has 1 aliphatic carbocycles. The Morgan fingerprint density at radius 1 is 1.19 bits per heavy atom. The molecule has 1 fully saturated rings. The number of nitrogens with zero attached hydrogens (tertiary/aromatic N) is 1. The molecular weight excluding hydrogens is 266 g/mol. The third kappa shape index (κ3) is 3.31. The van der Waals surface area contributed by atoms with Crippen LogP contribution in [-0.2, 0) is 4.79 Å². The predicted octanol–water partition coefficient (Wildman–Crippen LogP) is 3.49. The summed E-state index contributed by atoms with van der Waals surface area (Å²) in [6, 6.07) is 5.57. The number of benzene rings is 1. The largest absolute Gasteiger partial charge is 0.493 e. The van der Waals surface area contributed by atoms with E-state index in [1.54, 1.807) is 19.1 Å². The van der Waals surface area contributed by atoms with Gasteiger partial charge < -0.3 is 14.4 Å². The van der Waals surface area contributed by atoms with Gasteiger partial charge in [-0.2, -0.15) is 0 Å². The monoisotopic (exact) mass is 291 g/mol. The molecule has 0 spiro atoms. The van der Waals surface area contributed by atoms with Crippen molar-refractivity contribution in [3.8, 4) is 11.5 Å². The first kappa shape index (κ1) is 15.7. The van der Waals surface area contributed by atoms with E-state index < -0.39 is 0 Å². The van der Waals surface area contributed by atoms with Crippen LogP contribution in [0.3, 0.4) is 0 Å². The lowest BCUT2D eigenvalue weighted by Crippen LogP contribution is -2.34. The third-order valence-corrected chi connectivity index (χ3v) is 4.58. The molecule has 1 unspecified atom stereocenters. The minimum atomic E-state index is 0.0746. The molecule has 0 aliphatic heterocycles. The van der Waals surface area contributed by atoms with Crippen molar-refractivity contribution in [3.63, 3.8) is 0 Å². The Hall–Kier alpha value is -1.71. The van der Waals surface area contributed by atoms with Crippen molar-refractivity contribution in [1.82, 2.24) is 0 Å². The zero-order valence-corrected chi connectivity index (χ0v) is 13.4. The molecule has 4 nitrogen and oxygen atoms in total. The highest BCUT2D eigenvalue weighted by molar-refractivity contribution is 5.94. The van der Waals surface area contributed by atoms with Crippen LogP contribution < -0.4 is 14.4 Å². The van der Waals surface area contributed by atoms with Crippen molar-refractivity contribution >= 4 is 11.6 Å². The highest BCUT2D eigenvalue weighted by Crippen LogP contribution is 2.35. The zero-order chi connectivity index (χ0) is 15.4. The van der Waals surface area contributed by atoms with Crippen LogP contribution in [0.2, 0.25) is 0 Å². The summed E-state index contributed by atoms with van der Waals surface area (Å²) in [7, 11) is 5.04. The van der Waals surface area contributed by atoms with Gasteiger partial charge in [0, 0.05) is 24.7 Å². The second-order valence-electron chi connectivity index (χ2n) is 5.77. The maximum absolute atomic E-state index is 12.6. The molecule has 4 heteroatoms. The molecule has 116 valence electrons. The fourth-order valence-corrected chi connectivity index (χ4v) is 3.13. The molecule has 2 rings (SSSR count). The highest BCUT2D eigenvalue weighted by atomic mass is 16.5. The van der Waals surface area contributed by atoms with Gasteiger partial charge in [-0.15, -0.1) is 0 Å². The standard InChI is InChI=1S/C17H25NO3/c1-12(13-7-5-6-8-13)17(19)18(2)14-9-10-15(20-3)16(11-14)21-4/h9-13H,5-8H2,1-4H3. The van der Waals surface area contributed by atoms with E-state index >= 15 is 0 Å². The fraction of sp³-hybridized carbons (Fsp3) is 0.588. The molecule has 0 N–H and O–H groups in total. The number of anilines is 1. The summed E-state index contributed by atoms with van der Waals surface area (Å²) in [4.78, 5) is 14.4. The van der Waals surface area contributed by atoms with Crippen LogP contribution in [0.25, 0.3) is 0 Å². The molecule has 0 saturated heterocycles. The van der Waals surface area contributed by atoms with Crippen LogP contribution in [0, 0.1) is 11.8 Å². The second-order valence-corrected chi connectivity index (χ2v) is 5.77. The molecule has 0 bridgehead atoms. The Morgan fingerprint density at radius 3 is 2.38 bits per heavy atom. The number of hydrogen-bond acceptors (Lipinski definition) is 3. The summed E-state index contributed by atoms with van der Waals surface area (Å²) in [6.07, 6.45) is 4.85. The molecule has 1 saturated carbocycles. The lowest BCUT2D eigenvalue weighted by atomic mass is 9.91. The Bertz CT molecular complexity index is 495. The number of carbonyl (C=O) groups excluding carboxylic acids is 1. The van der Waals surface area contributed by atoms with Crippen molar-refractivity contribution in [3.05, 3.63) is 18.2 Å². The van der Waals surface area contributed by atoms with Gasteiger partial charge in [-0.05, 0) is 30.9 Å². The average Bonchev–Trinajstić information content (AvgIpc) is 3.06. The van der Waals surface area contributed by atoms with Crippen molar-refractivity contribution in [2.45, 2.75) is 32.6 Å². The van der Waals surface area contributed by atoms with Gasteiger partial charge in [0.1, 0.15) is 0 Å². The van der Waals surface area contributed by atoms with Crippen LogP contribution in [0.5, 0.6) is 11.5 Å². The van der Waals surface area contributed by atoms with E-state index in [-0.39, 0.29) is 11.8 Å². The highest BCUT2D eigenvalue weighted by Gasteiger charge is 2.29. The van der Waals surface area contributed by atoms with E-state index in [4.69, 9.17) is 9.47 Å². The topological polar surface area (TPSA) is 38.8 Å². The van der Waals surface area contributed by atoms with Gasteiger partial charge in [0.05, 0.1) is 14.2 Å². The van der Waals surface area contributed by atoms with E-state index in [9.17, 15) is 4.79 Å². The van der Waals surface area contributed by atoms with Gasteiger partial charge in [-0.1, -0.05) is 19.8 Å². The van der Waals surface area contributed by atoms with Crippen molar-refractivity contribution in [1.29, 1.82) is 0 Å². The maximum atomic E-state index is 12.6. The van der Waals surface area contributed by atoms with Crippen LogP contribution in [0.1, 0.15) is 32.6 Å². The zero-order valence-electron chi connectivity index (χ0n) is 13.4. The maximum Gasteiger partial charge on any atom is 0.229 e. The van der Waals surface area contributed by atoms with E-state index in [0.29, 0.717) is 17.4 Å². The van der Waals surface area contributed by atoms with Gasteiger partial charge in [-0.3, -0.25) is 4.79 Å². The van der Waals surface area contributed by atoms with Crippen molar-refractivity contribution in [2.75, 3.05) is 26.2 Å². The van der Waals surface area contributed by atoms with Gasteiger partial charge >= 0.3 is 0 Å². The number of methoxy groups -OCH3 is 2. The smallest absolute Gasteiger partial charge is 0.229 e. The molecule has 1 aromatic rings. The van der Waals surface area contributed by atoms with Crippen LogP contribution >= 0.6 is 0 Å². The Morgan fingerprint density at radius 2 is 1.81 bits per heavy atom. The van der Waals surface area contributed by atoms with Gasteiger partial charge in [0.2, 0.25) is 5.91 Å². The summed E-state index contributed by atoms with van der Waals surface area (Å²) >= 11 is 0. The van der Waals surface area contributed by atoms with E-state index in [1.165, 1.54) is 25.7 Å². The van der Waals surface area contributed by atoms with E-state index in [2.05, 4.69) is 6.92 Å². The molecule has 0 radical (unpaired) electrons. The molecule has 1 aliphatic rings. The summed E-state index contributed by atoms with van der Waals surface area (Å²) in [5, 5.41) is 0. The summed E-state index contributed by atoms with van der Waals surface area (Å²) in [6.45, 7) is 2.05. The number of rotatable bonds is 5. The number of ether oxygens (including phenoxy) is 2. The Labute approximate surface area is 127 Å². The lowest BCUT2D eigenvalue weighted by molar-refractivity contribution is -0.123. The summed E-state index contributed by atoms with van der Waals surface area (Å²) in [5.74, 6) is 2.09. The minimum Gasteiger partial charge on any atom is -0.493 e. The van der Waals surface area contributed by atoms with Crippen LogP contribution in [0.15, 0.2) is 18.2 Å². The molecule has 21 heavy (non-hydrogen) atoms. The van der Waals surface area contributed by atoms with Gasteiger partial charge in [0.25, 0.3) is 0 Å². The first-order valence-electron chi connectivity index (χ1n) is 7.58. The number of hydrogen-bond donors (Lipinski definition) is 0. The fourth-order valence-electron chi connectivity index (χ4n) is 3.13. The van der Waals surface area contributed by atoms with Crippen molar-refractivity contribution < 1.29 is 14.3 Å². The second kappa shape index (κ2) is 6.83. The Kier molecular flexibility index (Phi) is 5.10. The van der Waals surface area contributed by atoms with Gasteiger partial charge in [0.15, 0.2) is 11.5 Å². The normalized spacial score (nSPS) is 16.6. The van der Waals surface area contributed by atoms with Gasteiger partial charge in [-0.25, -0.2) is 0 Å². The molecule has 1 amide bonds. The van der Waals surface area contributed by atoms with E-state index in [1.807, 2.05) is 25.2 Å². The first-order chi connectivity index (χ1) is 10.1.